The first-order valence-electron chi connectivity index (χ1n) is 7.04. The summed E-state index contributed by atoms with van der Waals surface area (Å²) in [5.41, 5.74) is 4.27. The molecule has 2 aliphatic rings. The molecule has 0 bridgehead atoms. The van der Waals surface area contributed by atoms with Crippen molar-refractivity contribution in [2.45, 2.75) is 5.66 Å². The monoisotopic (exact) mass is 272 g/mol. The smallest absolute Gasteiger partial charge is 0.126 e. The molecule has 0 unspecified atom stereocenters. The third-order valence-corrected chi connectivity index (χ3v) is 4.33. The van der Waals surface area contributed by atoms with Crippen molar-refractivity contribution in [3.8, 4) is 0 Å². The molecule has 1 spiro atoms. The zero-order valence-corrected chi connectivity index (χ0v) is 11.7. The molecule has 0 atom stereocenters. The lowest BCUT2D eigenvalue weighted by Crippen LogP contribution is -2.72. The first-order valence-corrected chi connectivity index (χ1v) is 7.04. The summed E-state index contributed by atoms with van der Waals surface area (Å²) in [5, 5.41) is 0. The van der Waals surface area contributed by atoms with Crippen LogP contribution < -0.4 is 9.13 Å². The van der Waals surface area contributed by atoms with Crippen LogP contribution >= 0.6 is 0 Å². The number of hydrogen-bond donors (Lipinski definition) is 0. The minimum atomic E-state index is -0.392. The molecule has 2 aliphatic heterocycles. The highest BCUT2D eigenvalue weighted by molar-refractivity contribution is 5.65. The van der Waals surface area contributed by atoms with Gasteiger partial charge in [0.15, 0.2) is 12.4 Å². The van der Waals surface area contributed by atoms with Gasteiger partial charge in [-0.2, -0.15) is 0 Å². The maximum absolute atomic E-state index is 4.03. The zero-order valence-electron chi connectivity index (χ0n) is 11.7. The largest absolute Gasteiger partial charge is 0.416 e. The van der Waals surface area contributed by atoms with Crippen LogP contribution in [0, 0.1) is 0 Å². The van der Waals surface area contributed by atoms with E-state index in [0.29, 0.717) is 0 Å². The van der Waals surface area contributed by atoms with Gasteiger partial charge in [-0.3, -0.25) is 0 Å². The van der Waals surface area contributed by atoms with Gasteiger partial charge in [0.05, 0.1) is 0 Å². The molecule has 2 nitrogen and oxygen atoms in total. The van der Waals surface area contributed by atoms with E-state index < -0.39 is 5.66 Å². The van der Waals surface area contributed by atoms with Gasteiger partial charge in [0.2, 0.25) is 11.4 Å². The Morgan fingerprint density at radius 1 is 0.762 bits per heavy atom. The second kappa shape index (κ2) is 4.13. The SMILES string of the molecule is C=CC1=Cc2cccc[n+]2C12C(C=C)=Cc1cccc[n+]12. The van der Waals surface area contributed by atoms with E-state index in [0.717, 1.165) is 11.1 Å². The number of allylic oxidation sites excluding steroid dienone is 4. The molecule has 0 N–H and O–H groups in total. The molecule has 0 amide bonds. The lowest BCUT2D eigenvalue weighted by atomic mass is 9.93. The van der Waals surface area contributed by atoms with Crippen LogP contribution in [0.3, 0.4) is 0 Å². The van der Waals surface area contributed by atoms with E-state index in [2.05, 4.69) is 83.2 Å². The fraction of sp³-hybridized carbons (Fsp3) is 0.0526. The lowest BCUT2D eigenvalue weighted by molar-refractivity contribution is -0.966. The van der Waals surface area contributed by atoms with Gasteiger partial charge in [-0.1, -0.05) is 25.3 Å². The third-order valence-electron chi connectivity index (χ3n) is 4.33. The summed E-state index contributed by atoms with van der Waals surface area (Å²) < 4.78 is 4.57. The van der Waals surface area contributed by atoms with E-state index in [9.17, 15) is 0 Å². The van der Waals surface area contributed by atoms with Crippen LogP contribution in [0.2, 0.25) is 0 Å². The van der Waals surface area contributed by atoms with Crippen molar-refractivity contribution in [2.24, 2.45) is 0 Å². The van der Waals surface area contributed by atoms with Gasteiger partial charge in [-0.15, -0.1) is 9.13 Å². The second-order valence-electron chi connectivity index (χ2n) is 5.27. The molecule has 4 rings (SSSR count). The fourth-order valence-corrected chi connectivity index (χ4v) is 3.50. The molecular weight excluding hydrogens is 256 g/mol. The first-order chi connectivity index (χ1) is 10.3. The van der Waals surface area contributed by atoms with Gasteiger partial charge in [-0.05, 0) is 12.1 Å². The van der Waals surface area contributed by atoms with Crippen LogP contribution in [-0.2, 0) is 5.66 Å². The van der Waals surface area contributed by atoms with E-state index in [1.54, 1.807) is 0 Å². The number of fused-ring (bicyclic) bond motifs is 4. The van der Waals surface area contributed by atoms with Gasteiger partial charge in [0.1, 0.15) is 11.1 Å². The van der Waals surface area contributed by atoms with Crippen molar-refractivity contribution >= 4 is 12.2 Å². The Kier molecular flexibility index (Phi) is 2.36. The molecule has 2 aromatic rings. The molecule has 100 valence electrons. The van der Waals surface area contributed by atoms with E-state index in [-0.39, 0.29) is 0 Å². The Balaban J connectivity index is 2.15. The molecule has 0 aromatic carbocycles. The molecule has 0 saturated carbocycles. The lowest BCUT2D eigenvalue weighted by Gasteiger charge is -2.18. The maximum Gasteiger partial charge on any atom is 0.416 e. The van der Waals surface area contributed by atoms with Crippen molar-refractivity contribution in [1.29, 1.82) is 0 Å². The maximum atomic E-state index is 4.03. The standard InChI is InChI=1S/C19H16N2/c1-3-15-13-17-9-5-7-11-20(17)19(15)16(4-2)14-18-10-6-8-12-21(18)19/h3-14H,1-2H2/q+2. The molecule has 4 heterocycles. The Hall–Kier alpha value is -2.74. The number of aromatic nitrogens is 2. The number of nitrogens with zero attached hydrogens (tertiary/aromatic N) is 2. The average molecular weight is 272 g/mol. The summed E-state index contributed by atoms with van der Waals surface area (Å²) >= 11 is 0. The minimum absolute atomic E-state index is 0.392. The minimum Gasteiger partial charge on any atom is -0.126 e. The van der Waals surface area contributed by atoms with Crippen LogP contribution in [0.4, 0.5) is 0 Å². The van der Waals surface area contributed by atoms with Crippen molar-refractivity contribution < 1.29 is 9.13 Å². The molecule has 0 radical (unpaired) electrons. The Labute approximate surface area is 124 Å². The Morgan fingerprint density at radius 2 is 1.24 bits per heavy atom. The van der Waals surface area contributed by atoms with Crippen LogP contribution in [0.25, 0.3) is 12.2 Å². The van der Waals surface area contributed by atoms with Crippen LogP contribution in [0.1, 0.15) is 11.4 Å². The summed E-state index contributed by atoms with van der Waals surface area (Å²) in [6.07, 6.45) is 12.5. The highest BCUT2D eigenvalue weighted by atomic mass is 15.3. The highest BCUT2D eigenvalue weighted by Gasteiger charge is 2.62. The zero-order chi connectivity index (χ0) is 14.4. The van der Waals surface area contributed by atoms with Crippen molar-refractivity contribution in [3.05, 3.63) is 96.6 Å². The summed E-state index contributed by atoms with van der Waals surface area (Å²) in [6.45, 7) is 8.06. The number of hydrogen-bond acceptors (Lipinski definition) is 0. The average Bonchev–Trinajstić information content (AvgIpc) is 3.05. The topological polar surface area (TPSA) is 7.76 Å². The van der Waals surface area contributed by atoms with E-state index in [1.807, 2.05) is 12.2 Å². The van der Waals surface area contributed by atoms with E-state index in [1.165, 1.54) is 11.4 Å². The van der Waals surface area contributed by atoms with Crippen molar-refractivity contribution in [1.82, 2.24) is 0 Å². The van der Waals surface area contributed by atoms with Crippen molar-refractivity contribution in [2.75, 3.05) is 0 Å². The molecule has 21 heavy (non-hydrogen) atoms. The number of pyridine rings is 2. The summed E-state index contributed by atoms with van der Waals surface area (Å²) in [7, 11) is 0. The first kappa shape index (κ1) is 12.0. The van der Waals surface area contributed by atoms with Gasteiger partial charge in [0, 0.05) is 36.4 Å². The van der Waals surface area contributed by atoms with Gasteiger partial charge in [-0.25, -0.2) is 0 Å². The molecular formula is C19H16N2+2. The van der Waals surface area contributed by atoms with Gasteiger partial charge < -0.3 is 0 Å². The predicted octanol–water partition coefficient (Wildman–Crippen LogP) is 2.63. The Morgan fingerprint density at radius 3 is 1.67 bits per heavy atom. The normalized spacial score (nSPS) is 17.0. The van der Waals surface area contributed by atoms with Crippen molar-refractivity contribution in [3.63, 3.8) is 0 Å². The predicted molar refractivity (Wildman–Crippen MR) is 83.0 cm³/mol. The van der Waals surface area contributed by atoms with Crippen LogP contribution in [0.5, 0.6) is 0 Å². The molecule has 2 heteroatoms. The van der Waals surface area contributed by atoms with E-state index >= 15 is 0 Å². The summed E-state index contributed by atoms with van der Waals surface area (Å²) in [5.74, 6) is 0. The molecule has 2 aromatic heterocycles. The van der Waals surface area contributed by atoms with Gasteiger partial charge in [0.25, 0.3) is 0 Å². The Bertz CT molecular complexity index is 769. The highest BCUT2D eigenvalue weighted by Crippen LogP contribution is 2.38. The van der Waals surface area contributed by atoms with Gasteiger partial charge >= 0.3 is 5.66 Å². The quantitative estimate of drug-likeness (QED) is 0.743. The number of rotatable bonds is 2. The fourth-order valence-electron chi connectivity index (χ4n) is 3.50. The van der Waals surface area contributed by atoms with E-state index in [4.69, 9.17) is 0 Å². The molecule has 0 aliphatic carbocycles. The van der Waals surface area contributed by atoms with Crippen LogP contribution in [-0.4, -0.2) is 0 Å². The second-order valence-corrected chi connectivity index (χ2v) is 5.27. The molecule has 0 saturated heterocycles. The summed E-state index contributed by atoms with van der Waals surface area (Å²) in [6, 6.07) is 12.5. The third kappa shape index (κ3) is 1.32. The summed E-state index contributed by atoms with van der Waals surface area (Å²) in [4.78, 5) is 0. The molecule has 0 fully saturated rings. The van der Waals surface area contributed by atoms with Crippen LogP contribution in [0.15, 0.2) is 85.2 Å².